The lowest BCUT2D eigenvalue weighted by atomic mass is 9.99. The van der Waals surface area contributed by atoms with Gasteiger partial charge in [-0.3, -0.25) is 9.48 Å². The minimum Gasteiger partial charge on any atom is -0.355 e. The van der Waals surface area contributed by atoms with E-state index in [4.69, 9.17) is 0 Å². The lowest BCUT2D eigenvalue weighted by Crippen LogP contribution is -2.29. The van der Waals surface area contributed by atoms with E-state index in [9.17, 15) is 4.79 Å². The number of pyridine rings is 2. The Bertz CT molecular complexity index is 1530. The Hall–Kier alpha value is -4.05. The molecule has 1 amide bonds. The van der Waals surface area contributed by atoms with Gasteiger partial charge in [0.1, 0.15) is 24.0 Å². The largest absolute Gasteiger partial charge is 0.355 e. The van der Waals surface area contributed by atoms with Crippen LogP contribution in [0, 0.1) is 12.7 Å². The molecule has 196 valence electrons. The Morgan fingerprint density at radius 1 is 1.00 bits per heavy atom. The molecule has 0 bridgehead atoms. The second-order valence-electron chi connectivity index (χ2n) is 10.2. The number of aromatic nitrogens is 4. The van der Waals surface area contributed by atoms with Crippen LogP contribution in [0.5, 0.6) is 0 Å². The van der Waals surface area contributed by atoms with Crippen molar-refractivity contribution in [2.24, 2.45) is 0 Å². The molecule has 5 heterocycles. The van der Waals surface area contributed by atoms with Crippen molar-refractivity contribution in [2.75, 3.05) is 43.9 Å². The maximum atomic E-state index is 15.2. The fourth-order valence-electron chi connectivity index (χ4n) is 5.28. The Morgan fingerprint density at radius 3 is 2.66 bits per heavy atom. The van der Waals surface area contributed by atoms with E-state index in [1.165, 1.54) is 6.07 Å². The molecule has 9 nitrogen and oxygen atoms in total. The number of benzene rings is 1. The number of carbonyl (C=O) groups excluding carboxylic acids is 1. The molecule has 1 saturated heterocycles. The minimum absolute atomic E-state index is 0.0391. The zero-order chi connectivity index (χ0) is 26.4. The van der Waals surface area contributed by atoms with Crippen LogP contribution in [-0.2, 0) is 17.8 Å². The quantitative estimate of drug-likeness (QED) is 0.421. The van der Waals surface area contributed by atoms with E-state index < -0.39 is 0 Å². The first-order valence-corrected chi connectivity index (χ1v) is 12.9. The van der Waals surface area contributed by atoms with Gasteiger partial charge in [-0.05, 0) is 55.6 Å². The minimum atomic E-state index is -0.304. The summed E-state index contributed by atoms with van der Waals surface area (Å²) >= 11 is 0. The first-order valence-electron chi connectivity index (χ1n) is 12.9. The lowest BCUT2D eigenvalue weighted by molar-refractivity contribution is -0.130. The molecule has 0 unspecified atom stereocenters. The molecule has 4 aromatic rings. The van der Waals surface area contributed by atoms with Crippen molar-refractivity contribution in [3.63, 3.8) is 0 Å². The molecular weight excluding hydrogens is 483 g/mol. The summed E-state index contributed by atoms with van der Waals surface area (Å²) < 4.78 is 17.0. The van der Waals surface area contributed by atoms with Crippen LogP contribution < -0.4 is 15.5 Å². The summed E-state index contributed by atoms with van der Waals surface area (Å²) in [5, 5.41) is 12.7. The predicted octanol–water partition coefficient (Wildman–Crippen LogP) is 3.50. The molecular formula is C28H31FN8O. The van der Waals surface area contributed by atoms with E-state index in [0.29, 0.717) is 35.2 Å². The number of nitrogens with one attached hydrogen (secondary N) is 2. The van der Waals surface area contributed by atoms with E-state index in [-0.39, 0.29) is 18.3 Å². The van der Waals surface area contributed by atoms with Crippen LogP contribution in [0.4, 0.5) is 21.8 Å². The van der Waals surface area contributed by atoms with Crippen LogP contribution in [-0.4, -0.2) is 70.3 Å². The van der Waals surface area contributed by atoms with Crippen LogP contribution in [0.25, 0.3) is 21.9 Å². The van der Waals surface area contributed by atoms with Crippen LogP contribution in [0.1, 0.15) is 17.7 Å². The van der Waals surface area contributed by atoms with Gasteiger partial charge in [-0.25, -0.2) is 14.4 Å². The summed E-state index contributed by atoms with van der Waals surface area (Å²) in [7, 11) is 3.79. The highest BCUT2D eigenvalue weighted by Crippen LogP contribution is 2.32. The molecule has 3 aromatic heterocycles. The van der Waals surface area contributed by atoms with Crippen molar-refractivity contribution >= 4 is 34.1 Å². The van der Waals surface area contributed by atoms with Gasteiger partial charge in [0.15, 0.2) is 5.82 Å². The second-order valence-corrected chi connectivity index (χ2v) is 10.2. The molecule has 1 fully saturated rings. The molecule has 1 aromatic carbocycles. The zero-order valence-corrected chi connectivity index (χ0v) is 21.8. The molecule has 10 heteroatoms. The highest BCUT2D eigenvalue weighted by atomic mass is 19.1. The predicted molar refractivity (Wildman–Crippen MR) is 146 cm³/mol. The van der Waals surface area contributed by atoms with Crippen LogP contribution in [0.3, 0.4) is 0 Å². The Kier molecular flexibility index (Phi) is 6.19. The van der Waals surface area contributed by atoms with Gasteiger partial charge in [0, 0.05) is 79.8 Å². The number of anilines is 3. The van der Waals surface area contributed by atoms with E-state index in [2.05, 4.69) is 30.6 Å². The number of aryl methyl sites for hydroxylation is 1. The average molecular weight is 515 g/mol. The SMILES string of the molecule is CN[C@H]1CCN(c2cc(C)c(-c3cc4cc(Nc5cc6n(n5)CC(=O)N(C)CC6)ncc4cc3F)cn2)C1. The molecule has 0 aliphatic carbocycles. The number of hydrogen-bond acceptors (Lipinski definition) is 7. The molecule has 2 N–H and O–H groups in total. The highest BCUT2D eigenvalue weighted by molar-refractivity contribution is 5.89. The lowest BCUT2D eigenvalue weighted by Gasteiger charge is -2.19. The maximum Gasteiger partial charge on any atom is 0.244 e. The van der Waals surface area contributed by atoms with Crippen molar-refractivity contribution in [1.29, 1.82) is 0 Å². The molecule has 6 rings (SSSR count). The van der Waals surface area contributed by atoms with E-state index in [0.717, 1.165) is 54.0 Å². The van der Waals surface area contributed by atoms with Gasteiger partial charge < -0.3 is 20.4 Å². The van der Waals surface area contributed by atoms with Crippen LogP contribution >= 0.6 is 0 Å². The standard InChI is InChI=1S/C28H31FN8O/c1-17-8-27(36-7-4-20(15-36)30-2)32-14-23(17)22-9-18-11-25(31-13-19(18)10-24(22)29)33-26-12-21-5-6-35(3)28(38)16-37(21)34-26/h8-14,20,30H,4-7,15-16H2,1-3H3,(H,31,33,34)/t20-/m0/s1. The van der Waals surface area contributed by atoms with Gasteiger partial charge in [0.25, 0.3) is 0 Å². The van der Waals surface area contributed by atoms with E-state index in [1.54, 1.807) is 22.0 Å². The van der Waals surface area contributed by atoms with Gasteiger partial charge in [-0.2, -0.15) is 5.10 Å². The summed E-state index contributed by atoms with van der Waals surface area (Å²) in [6.07, 6.45) is 5.26. The highest BCUT2D eigenvalue weighted by Gasteiger charge is 2.23. The first kappa shape index (κ1) is 24.3. The normalized spacial score (nSPS) is 17.7. The Labute approximate surface area is 220 Å². The average Bonchev–Trinajstić information content (AvgIpc) is 3.51. The summed E-state index contributed by atoms with van der Waals surface area (Å²) in [4.78, 5) is 25.3. The molecule has 38 heavy (non-hydrogen) atoms. The number of nitrogens with zero attached hydrogens (tertiary/aromatic N) is 6. The van der Waals surface area contributed by atoms with Gasteiger partial charge in [0.05, 0.1) is 0 Å². The molecule has 0 saturated carbocycles. The topological polar surface area (TPSA) is 91.2 Å². The third kappa shape index (κ3) is 4.56. The van der Waals surface area contributed by atoms with Gasteiger partial charge in [0.2, 0.25) is 5.91 Å². The fraction of sp³-hybridized carbons (Fsp3) is 0.357. The second kappa shape index (κ2) is 9.68. The number of amides is 1. The van der Waals surface area contributed by atoms with Crippen molar-refractivity contribution in [2.45, 2.75) is 32.4 Å². The Morgan fingerprint density at radius 2 is 1.87 bits per heavy atom. The number of rotatable bonds is 5. The number of likely N-dealkylation sites (N-methyl/N-ethyl adjacent to an activating group) is 2. The zero-order valence-electron chi connectivity index (χ0n) is 21.8. The number of fused-ring (bicyclic) bond motifs is 2. The molecule has 2 aliphatic heterocycles. The smallest absolute Gasteiger partial charge is 0.244 e. The van der Waals surface area contributed by atoms with Crippen molar-refractivity contribution in [3.05, 3.63) is 59.8 Å². The van der Waals surface area contributed by atoms with Crippen molar-refractivity contribution in [1.82, 2.24) is 30.0 Å². The summed E-state index contributed by atoms with van der Waals surface area (Å²) in [5.41, 5.74) is 3.26. The monoisotopic (exact) mass is 514 g/mol. The van der Waals surface area contributed by atoms with E-state index >= 15 is 4.39 Å². The molecule has 0 spiro atoms. The first-order chi connectivity index (χ1) is 18.4. The van der Waals surface area contributed by atoms with Gasteiger partial charge >= 0.3 is 0 Å². The molecule has 0 radical (unpaired) electrons. The molecule has 2 aliphatic rings. The molecule has 1 atom stereocenters. The fourth-order valence-corrected chi connectivity index (χ4v) is 5.28. The van der Waals surface area contributed by atoms with Crippen LogP contribution in [0.15, 0.2) is 42.7 Å². The van der Waals surface area contributed by atoms with Gasteiger partial charge in [-0.1, -0.05) is 0 Å². The third-order valence-electron chi connectivity index (χ3n) is 7.65. The number of halogens is 1. The summed E-state index contributed by atoms with van der Waals surface area (Å²) in [6, 6.07) is 9.72. The number of carbonyl (C=O) groups is 1. The number of hydrogen-bond donors (Lipinski definition) is 2. The van der Waals surface area contributed by atoms with Crippen LogP contribution in [0.2, 0.25) is 0 Å². The Balaban J connectivity index is 1.27. The van der Waals surface area contributed by atoms with Gasteiger partial charge in [-0.15, -0.1) is 0 Å². The van der Waals surface area contributed by atoms with Crippen molar-refractivity contribution < 1.29 is 9.18 Å². The van der Waals surface area contributed by atoms with E-state index in [1.807, 2.05) is 45.3 Å². The summed E-state index contributed by atoms with van der Waals surface area (Å²) in [6.45, 7) is 4.76. The maximum absolute atomic E-state index is 15.2. The summed E-state index contributed by atoms with van der Waals surface area (Å²) in [5.74, 6) is 1.89. The third-order valence-corrected chi connectivity index (χ3v) is 7.65. The van der Waals surface area contributed by atoms with Crippen molar-refractivity contribution in [3.8, 4) is 11.1 Å².